The van der Waals surface area contributed by atoms with E-state index in [1.54, 1.807) is 12.3 Å². The van der Waals surface area contributed by atoms with Crippen molar-refractivity contribution >= 4 is 40.8 Å². The number of aromatic nitrogens is 6. The van der Waals surface area contributed by atoms with Crippen LogP contribution in [0.3, 0.4) is 0 Å². The Morgan fingerprint density at radius 1 is 1.07 bits per heavy atom. The molecule has 4 aromatic rings. The maximum Gasteiger partial charge on any atom is 0.331 e. The molecule has 2 aliphatic rings. The first-order valence-electron chi connectivity index (χ1n) is 12.9. The van der Waals surface area contributed by atoms with Crippen molar-refractivity contribution in [3.05, 3.63) is 65.9 Å². The molecule has 204 valence electrons. The predicted molar refractivity (Wildman–Crippen MR) is 146 cm³/mol. The maximum absolute atomic E-state index is 12.8. The van der Waals surface area contributed by atoms with Gasteiger partial charge in [0.05, 0.1) is 17.4 Å². The quantitative estimate of drug-likeness (QED) is 0.337. The number of nitrogens with zero attached hydrogens (tertiary/aromatic N) is 8. The number of carbonyl (C=O) groups is 3. The highest BCUT2D eigenvalue weighted by Crippen LogP contribution is 2.46. The van der Waals surface area contributed by atoms with E-state index in [1.807, 2.05) is 49.7 Å². The molecule has 4 aromatic heterocycles. The van der Waals surface area contributed by atoms with Crippen LogP contribution in [0, 0.1) is 19.8 Å². The highest BCUT2D eigenvalue weighted by molar-refractivity contribution is 6.13. The Labute approximate surface area is 229 Å². The molecule has 2 N–H and O–H groups in total. The molecule has 2 fully saturated rings. The Hall–Kier alpha value is -4.94. The van der Waals surface area contributed by atoms with Crippen molar-refractivity contribution < 1.29 is 14.4 Å². The fourth-order valence-corrected chi connectivity index (χ4v) is 4.87. The number of imidazole rings is 1. The normalized spacial score (nSPS) is 19.3. The van der Waals surface area contributed by atoms with Gasteiger partial charge < -0.3 is 15.0 Å². The van der Waals surface area contributed by atoms with Crippen LogP contribution in [0.5, 0.6) is 0 Å². The number of amides is 4. The Balaban J connectivity index is 1.16. The summed E-state index contributed by atoms with van der Waals surface area (Å²) in [4.78, 5) is 62.1. The first kappa shape index (κ1) is 25.3. The van der Waals surface area contributed by atoms with Crippen LogP contribution < -0.4 is 15.5 Å². The van der Waals surface area contributed by atoms with Gasteiger partial charge in [-0.15, -0.1) is 0 Å². The lowest BCUT2D eigenvalue weighted by molar-refractivity contribution is -0.124. The van der Waals surface area contributed by atoms with Crippen LogP contribution in [-0.2, 0) is 9.59 Å². The van der Waals surface area contributed by atoms with Crippen molar-refractivity contribution in [3.63, 3.8) is 0 Å². The van der Waals surface area contributed by atoms with E-state index < -0.39 is 0 Å². The van der Waals surface area contributed by atoms with Crippen molar-refractivity contribution in [2.24, 2.45) is 5.92 Å². The lowest BCUT2D eigenvalue weighted by Gasteiger charge is -2.16. The summed E-state index contributed by atoms with van der Waals surface area (Å²) in [6.45, 7) is 5.73. The van der Waals surface area contributed by atoms with Gasteiger partial charge in [0.1, 0.15) is 30.3 Å². The summed E-state index contributed by atoms with van der Waals surface area (Å²) >= 11 is 0. The van der Waals surface area contributed by atoms with Crippen LogP contribution in [-0.4, -0.2) is 65.7 Å². The van der Waals surface area contributed by atoms with Gasteiger partial charge in [-0.2, -0.15) is 0 Å². The molecule has 13 heteroatoms. The third kappa shape index (κ3) is 4.70. The van der Waals surface area contributed by atoms with Crippen molar-refractivity contribution in [3.8, 4) is 0 Å². The zero-order valence-corrected chi connectivity index (χ0v) is 22.5. The minimum Gasteiger partial charge on any atom is -0.362 e. The van der Waals surface area contributed by atoms with E-state index in [9.17, 15) is 14.4 Å². The molecule has 1 aliphatic heterocycles. The summed E-state index contributed by atoms with van der Waals surface area (Å²) in [6.07, 6.45) is 7.59. The first-order valence-corrected chi connectivity index (χ1v) is 12.9. The minimum absolute atomic E-state index is 0.0114. The summed E-state index contributed by atoms with van der Waals surface area (Å²) in [7, 11) is 1.47. The zero-order chi connectivity index (χ0) is 28.1. The molecule has 5 heterocycles. The molecule has 0 bridgehead atoms. The van der Waals surface area contributed by atoms with E-state index in [-0.39, 0.29) is 42.3 Å². The number of anilines is 3. The number of rotatable bonds is 7. The maximum atomic E-state index is 12.8. The van der Waals surface area contributed by atoms with E-state index in [0.717, 1.165) is 16.2 Å². The van der Waals surface area contributed by atoms with Gasteiger partial charge in [0.2, 0.25) is 11.8 Å². The monoisotopic (exact) mass is 540 g/mol. The Bertz CT molecular complexity index is 1670. The van der Waals surface area contributed by atoms with Crippen molar-refractivity contribution in [2.75, 3.05) is 29.1 Å². The molecule has 0 aromatic carbocycles. The van der Waals surface area contributed by atoms with Gasteiger partial charge >= 0.3 is 6.03 Å². The van der Waals surface area contributed by atoms with E-state index >= 15 is 0 Å². The van der Waals surface area contributed by atoms with Gasteiger partial charge in [-0.25, -0.2) is 29.7 Å². The second-order valence-electron chi connectivity index (χ2n) is 10.3. The molecule has 1 saturated carbocycles. The van der Waals surface area contributed by atoms with Crippen LogP contribution in [0.4, 0.5) is 22.1 Å². The Kier molecular flexibility index (Phi) is 6.12. The topological polar surface area (TPSA) is 151 Å². The van der Waals surface area contributed by atoms with Crippen molar-refractivity contribution in [1.82, 2.24) is 34.2 Å². The van der Waals surface area contributed by atoms with Crippen LogP contribution in [0.1, 0.15) is 48.1 Å². The van der Waals surface area contributed by atoms with E-state index in [4.69, 9.17) is 4.98 Å². The standard InChI is InChI=1S/C27H28N10O3/c1-14-7-20(37-12-23(38)35(4)27(37)40)25-33-19(11-36(25)10-14)16(3)32-21-9-22(30-13-29-21)34-26(39)18-8-17(18)24-28-6-5-15(2)31-24/h5-7,9-11,13,16-18H,8,12H2,1-4H3,(H2,29,30,32,34,39)/t16-,17?,18?/m1/s1. The van der Waals surface area contributed by atoms with E-state index in [0.29, 0.717) is 40.9 Å². The fourth-order valence-electron chi connectivity index (χ4n) is 4.87. The van der Waals surface area contributed by atoms with Crippen LogP contribution in [0.2, 0.25) is 0 Å². The molecular weight excluding hydrogens is 512 g/mol. The highest BCUT2D eigenvalue weighted by atomic mass is 16.2. The smallest absolute Gasteiger partial charge is 0.331 e. The van der Waals surface area contributed by atoms with Crippen molar-refractivity contribution in [2.45, 2.75) is 39.2 Å². The molecule has 0 radical (unpaired) electrons. The molecule has 0 spiro atoms. The molecule has 6 rings (SSSR count). The summed E-state index contributed by atoms with van der Waals surface area (Å²) in [5, 5.41) is 6.18. The number of carbonyl (C=O) groups excluding carboxylic acids is 3. The van der Waals surface area contributed by atoms with Gasteiger partial charge in [0.15, 0.2) is 5.65 Å². The average molecular weight is 541 g/mol. The summed E-state index contributed by atoms with van der Waals surface area (Å²) in [6, 6.07) is 4.71. The highest BCUT2D eigenvalue weighted by Gasteiger charge is 2.46. The molecule has 40 heavy (non-hydrogen) atoms. The van der Waals surface area contributed by atoms with Crippen LogP contribution in [0.25, 0.3) is 5.65 Å². The largest absolute Gasteiger partial charge is 0.362 e. The molecular formula is C27H28N10O3. The second-order valence-corrected chi connectivity index (χ2v) is 10.3. The number of aryl methyl sites for hydroxylation is 2. The predicted octanol–water partition coefficient (Wildman–Crippen LogP) is 2.84. The molecule has 13 nitrogen and oxygen atoms in total. The van der Waals surface area contributed by atoms with Gasteiger partial charge in [-0.1, -0.05) is 0 Å². The number of fused-ring (bicyclic) bond motifs is 1. The average Bonchev–Trinajstić information content (AvgIpc) is 3.55. The first-order chi connectivity index (χ1) is 19.2. The van der Waals surface area contributed by atoms with Gasteiger partial charge in [-0.05, 0) is 44.9 Å². The molecule has 1 aliphatic carbocycles. The van der Waals surface area contributed by atoms with Gasteiger partial charge in [0.25, 0.3) is 0 Å². The summed E-state index contributed by atoms with van der Waals surface area (Å²) in [5.41, 5.74) is 3.65. The summed E-state index contributed by atoms with van der Waals surface area (Å²) < 4.78 is 1.85. The number of pyridine rings is 1. The second kappa shape index (κ2) is 9.67. The number of likely N-dealkylation sites (N-methyl/N-ethyl adjacent to an activating group) is 1. The van der Waals surface area contributed by atoms with Gasteiger partial charge in [-0.3, -0.25) is 19.4 Å². The molecule has 3 atom stereocenters. The van der Waals surface area contributed by atoms with Crippen molar-refractivity contribution in [1.29, 1.82) is 0 Å². The number of hydrogen-bond acceptors (Lipinski definition) is 9. The third-order valence-corrected chi connectivity index (χ3v) is 7.16. The lowest BCUT2D eigenvalue weighted by Crippen LogP contribution is -2.30. The number of imide groups is 1. The van der Waals surface area contributed by atoms with Gasteiger partial charge in [0, 0.05) is 49.2 Å². The number of hydrogen-bond donors (Lipinski definition) is 2. The lowest BCUT2D eigenvalue weighted by atomic mass is 10.2. The summed E-state index contributed by atoms with van der Waals surface area (Å²) in [5.74, 6) is 1.02. The van der Waals surface area contributed by atoms with Crippen LogP contribution in [0.15, 0.2) is 43.1 Å². The third-order valence-electron chi connectivity index (χ3n) is 7.16. The molecule has 4 amide bonds. The Morgan fingerprint density at radius 2 is 1.88 bits per heavy atom. The van der Waals surface area contributed by atoms with E-state index in [2.05, 4.69) is 30.6 Å². The Morgan fingerprint density at radius 3 is 2.62 bits per heavy atom. The zero-order valence-electron chi connectivity index (χ0n) is 22.5. The number of nitrogens with one attached hydrogen (secondary N) is 2. The molecule has 2 unspecified atom stereocenters. The van der Waals surface area contributed by atoms with Crippen LogP contribution >= 0.6 is 0 Å². The SMILES string of the molecule is Cc1cc(N2CC(=O)N(C)C2=O)c2nc([C@@H](C)Nc3cc(NC(=O)C4CC4c4nccc(C)n4)ncn3)cn2c1. The number of urea groups is 1. The minimum atomic E-state index is -0.382. The van der Waals surface area contributed by atoms with E-state index in [1.165, 1.54) is 18.3 Å². The fraction of sp³-hybridized carbons (Fsp3) is 0.333. The molecule has 1 saturated heterocycles.